The van der Waals surface area contributed by atoms with Crippen LogP contribution >= 0.6 is 0 Å². The first-order valence-corrected chi connectivity index (χ1v) is 12.9. The van der Waals surface area contributed by atoms with E-state index >= 15 is 0 Å². The molecule has 0 saturated carbocycles. The molecule has 0 radical (unpaired) electrons. The normalized spacial score (nSPS) is 27.7. The summed E-state index contributed by atoms with van der Waals surface area (Å²) in [7, 11) is -1.90. The maximum absolute atomic E-state index is 13.0. The van der Waals surface area contributed by atoms with Crippen molar-refractivity contribution in [2.24, 2.45) is 5.92 Å². The van der Waals surface area contributed by atoms with Crippen LogP contribution in [0.25, 0.3) is 0 Å². The molecule has 0 aromatic heterocycles. The summed E-state index contributed by atoms with van der Waals surface area (Å²) in [6.07, 6.45) is 11.3. The topological polar surface area (TPSA) is 65.1 Å². The molecule has 1 fully saturated rings. The zero-order chi connectivity index (χ0) is 21.8. The van der Waals surface area contributed by atoms with Gasteiger partial charge in [-0.1, -0.05) is 12.5 Å². The van der Waals surface area contributed by atoms with Crippen LogP contribution in [-0.4, -0.2) is 58.0 Å². The van der Waals surface area contributed by atoms with Gasteiger partial charge < -0.3 is 19.1 Å². The zero-order valence-corrected chi connectivity index (χ0v) is 19.3. The first kappa shape index (κ1) is 22.2. The highest BCUT2D eigenvalue weighted by Gasteiger charge is 2.42. The van der Waals surface area contributed by atoms with Crippen molar-refractivity contribution in [1.29, 1.82) is 0 Å². The smallest absolute Gasteiger partial charge is 0.188 e. The first-order chi connectivity index (χ1) is 15.0. The molecule has 6 nitrogen and oxygen atoms in total. The largest absolute Gasteiger partial charge is 0.497 e. The van der Waals surface area contributed by atoms with E-state index in [-0.39, 0.29) is 10.8 Å². The molecule has 31 heavy (non-hydrogen) atoms. The van der Waals surface area contributed by atoms with Gasteiger partial charge in [-0.15, -0.1) is 0 Å². The molecule has 3 aliphatic rings. The van der Waals surface area contributed by atoms with Crippen molar-refractivity contribution in [2.75, 3.05) is 33.4 Å². The van der Waals surface area contributed by atoms with E-state index < -0.39 is 21.2 Å². The number of ether oxygens (including phenoxy) is 3. The molecule has 0 spiro atoms. The summed E-state index contributed by atoms with van der Waals surface area (Å²) in [5.41, 5.74) is 0. The average molecular weight is 448 g/mol. The minimum atomic E-state index is -3.46. The fraction of sp³-hybridized carbons (Fsp3) is 0.583. The van der Waals surface area contributed by atoms with Crippen molar-refractivity contribution in [3.63, 3.8) is 0 Å². The Balaban J connectivity index is 1.33. The fourth-order valence-corrected chi connectivity index (χ4v) is 6.28. The summed E-state index contributed by atoms with van der Waals surface area (Å²) in [6, 6.07) is 4.89. The van der Waals surface area contributed by atoms with Crippen LogP contribution in [0.1, 0.15) is 39.0 Å². The van der Waals surface area contributed by atoms with Gasteiger partial charge in [0.25, 0.3) is 0 Å². The lowest BCUT2D eigenvalue weighted by molar-refractivity contribution is 0.138. The van der Waals surface area contributed by atoms with Crippen LogP contribution in [0.3, 0.4) is 0 Å². The fourth-order valence-electron chi connectivity index (χ4n) is 4.63. The van der Waals surface area contributed by atoms with Crippen LogP contribution in [-0.2, 0) is 14.6 Å². The Morgan fingerprint density at radius 2 is 2.00 bits per heavy atom. The summed E-state index contributed by atoms with van der Waals surface area (Å²) in [4.78, 5) is 2.76. The predicted octanol–water partition coefficient (Wildman–Crippen LogP) is 3.97. The van der Waals surface area contributed by atoms with E-state index in [1.165, 1.54) is 32.4 Å². The van der Waals surface area contributed by atoms with Gasteiger partial charge in [0.15, 0.2) is 9.84 Å². The van der Waals surface area contributed by atoms with E-state index in [1.54, 1.807) is 32.2 Å². The van der Waals surface area contributed by atoms with Crippen LogP contribution < -0.4 is 9.47 Å². The number of nitrogens with zero attached hydrogens (tertiary/aromatic N) is 1. The van der Waals surface area contributed by atoms with Crippen LogP contribution in [0.2, 0.25) is 0 Å². The second-order valence-electron chi connectivity index (χ2n) is 8.61. The monoisotopic (exact) mass is 447 g/mol. The van der Waals surface area contributed by atoms with E-state index in [0.29, 0.717) is 24.5 Å². The second-order valence-corrected chi connectivity index (χ2v) is 10.9. The Hall–Kier alpha value is -1.99. The summed E-state index contributed by atoms with van der Waals surface area (Å²) in [6.45, 7) is 5.95. The maximum Gasteiger partial charge on any atom is 0.188 e. The summed E-state index contributed by atoms with van der Waals surface area (Å²) in [5.74, 6) is 1.80. The molecular formula is C24H33NO5S. The molecular weight excluding hydrogens is 414 g/mol. The quantitative estimate of drug-likeness (QED) is 0.590. The van der Waals surface area contributed by atoms with Gasteiger partial charge in [0.1, 0.15) is 33.5 Å². The van der Waals surface area contributed by atoms with Gasteiger partial charge in [-0.05, 0) is 70.0 Å². The number of rotatable bonds is 7. The van der Waals surface area contributed by atoms with Gasteiger partial charge in [0.2, 0.25) is 0 Å². The van der Waals surface area contributed by atoms with Gasteiger partial charge in [0.05, 0.1) is 13.7 Å². The van der Waals surface area contributed by atoms with Crippen molar-refractivity contribution in [2.45, 2.75) is 55.3 Å². The number of likely N-dealkylation sites (tertiary alicyclic amines) is 1. The molecule has 2 heterocycles. The molecule has 1 aromatic carbocycles. The number of methoxy groups -OCH3 is 1. The van der Waals surface area contributed by atoms with Crippen molar-refractivity contribution < 1.29 is 22.6 Å². The average Bonchev–Trinajstić information content (AvgIpc) is 2.80. The van der Waals surface area contributed by atoms with E-state index in [2.05, 4.69) is 11.0 Å². The molecule has 3 atom stereocenters. The van der Waals surface area contributed by atoms with E-state index in [9.17, 15) is 8.42 Å². The summed E-state index contributed by atoms with van der Waals surface area (Å²) < 4.78 is 43.4. The van der Waals surface area contributed by atoms with Crippen molar-refractivity contribution >= 4 is 9.84 Å². The number of benzene rings is 1. The van der Waals surface area contributed by atoms with Crippen molar-refractivity contribution in [3.8, 4) is 11.5 Å². The van der Waals surface area contributed by atoms with Crippen molar-refractivity contribution in [1.82, 2.24) is 4.90 Å². The SMILES string of the molecule is COc1ccc2c(c1)O[C@@H](C1C=CC(OCCCN3CCCCC3)=CC1)[C@H](C)S2(=O)=O. The Bertz CT molecular complexity index is 933. The summed E-state index contributed by atoms with van der Waals surface area (Å²) in [5, 5.41) is -0.622. The third-order valence-corrected chi connectivity index (χ3v) is 8.73. The molecule has 1 unspecified atom stereocenters. The lowest BCUT2D eigenvalue weighted by Gasteiger charge is -2.36. The number of hydrogen-bond donors (Lipinski definition) is 0. The molecule has 7 heteroatoms. The van der Waals surface area contributed by atoms with Crippen LogP contribution in [0.15, 0.2) is 47.1 Å². The van der Waals surface area contributed by atoms with Crippen LogP contribution in [0.4, 0.5) is 0 Å². The summed E-state index contributed by atoms with van der Waals surface area (Å²) >= 11 is 0. The number of hydrogen-bond acceptors (Lipinski definition) is 6. The number of piperidine rings is 1. The van der Waals surface area contributed by atoms with E-state index in [1.807, 2.05) is 12.2 Å². The molecule has 1 aliphatic carbocycles. The van der Waals surface area contributed by atoms with Gasteiger partial charge in [-0.2, -0.15) is 0 Å². The molecule has 4 rings (SSSR count). The number of fused-ring (bicyclic) bond motifs is 1. The zero-order valence-electron chi connectivity index (χ0n) is 18.5. The third kappa shape index (κ3) is 4.93. The molecule has 1 saturated heterocycles. The third-order valence-electron chi connectivity index (χ3n) is 6.53. The Morgan fingerprint density at radius 3 is 2.71 bits per heavy atom. The van der Waals surface area contributed by atoms with Crippen LogP contribution in [0, 0.1) is 5.92 Å². The minimum Gasteiger partial charge on any atom is -0.497 e. The predicted molar refractivity (Wildman–Crippen MR) is 120 cm³/mol. The number of sulfone groups is 1. The maximum atomic E-state index is 13.0. The Labute approximate surface area is 185 Å². The van der Waals surface area contributed by atoms with Gasteiger partial charge >= 0.3 is 0 Å². The molecule has 0 bridgehead atoms. The van der Waals surface area contributed by atoms with Gasteiger partial charge in [-0.25, -0.2) is 8.42 Å². The highest BCUT2D eigenvalue weighted by molar-refractivity contribution is 7.92. The molecule has 0 N–H and O–H groups in total. The standard InChI is InChI=1S/C24H33NO5S/c1-18-24(30-22-17-21(28-2)11-12-23(22)31(18,26)27)19-7-9-20(10-8-19)29-16-6-15-25-13-4-3-5-14-25/h7,9-12,17-19,24H,3-6,8,13-16H2,1-2H3/t18-,19?,24+/m0/s1. The highest BCUT2D eigenvalue weighted by atomic mass is 32.2. The minimum absolute atomic E-state index is 0.0233. The van der Waals surface area contributed by atoms with Gasteiger partial charge in [0, 0.05) is 18.5 Å². The van der Waals surface area contributed by atoms with Gasteiger partial charge in [-0.3, -0.25) is 0 Å². The first-order valence-electron chi connectivity index (χ1n) is 11.3. The molecule has 2 aliphatic heterocycles. The Morgan fingerprint density at radius 1 is 1.19 bits per heavy atom. The lowest BCUT2D eigenvalue weighted by Crippen LogP contribution is -2.44. The van der Waals surface area contributed by atoms with Crippen LogP contribution in [0.5, 0.6) is 11.5 Å². The number of allylic oxidation sites excluding steroid dienone is 2. The molecule has 0 amide bonds. The van der Waals surface area contributed by atoms with E-state index in [4.69, 9.17) is 14.2 Å². The highest BCUT2D eigenvalue weighted by Crippen LogP contribution is 2.40. The second kappa shape index (κ2) is 9.65. The van der Waals surface area contributed by atoms with E-state index in [0.717, 1.165) is 18.7 Å². The lowest BCUT2D eigenvalue weighted by atomic mass is 9.92. The molecule has 170 valence electrons. The Kier molecular flexibility index (Phi) is 6.92. The van der Waals surface area contributed by atoms with Crippen molar-refractivity contribution in [3.05, 3.63) is 42.2 Å². The molecule has 1 aromatic rings.